The zero-order valence-corrected chi connectivity index (χ0v) is 9.83. The lowest BCUT2D eigenvalue weighted by molar-refractivity contribution is 0.602. The lowest BCUT2D eigenvalue weighted by Crippen LogP contribution is -2.26. The highest BCUT2D eigenvalue weighted by Crippen LogP contribution is 2.18. The highest BCUT2D eigenvalue weighted by molar-refractivity contribution is 5.47. The van der Waals surface area contributed by atoms with Crippen molar-refractivity contribution < 1.29 is 0 Å². The Morgan fingerprint density at radius 2 is 1.73 bits per heavy atom. The zero-order chi connectivity index (χ0) is 11.3. The molecule has 1 aromatic rings. The zero-order valence-electron chi connectivity index (χ0n) is 9.83. The molecule has 0 unspecified atom stereocenters. The van der Waals surface area contributed by atoms with Gasteiger partial charge in [-0.2, -0.15) is 0 Å². The van der Waals surface area contributed by atoms with E-state index in [4.69, 9.17) is 5.84 Å². The molecule has 0 spiro atoms. The van der Waals surface area contributed by atoms with Crippen LogP contribution in [0.25, 0.3) is 0 Å². The normalized spacial score (nSPS) is 12.5. The Bertz CT molecular complexity index is 277. The number of hydrazine groups is 1. The van der Waals surface area contributed by atoms with Crippen LogP contribution in [-0.4, -0.2) is 13.1 Å². The number of rotatable bonds is 5. The van der Waals surface area contributed by atoms with Crippen molar-refractivity contribution in [2.75, 3.05) is 18.0 Å². The number of nitrogens with one attached hydrogen (secondary N) is 1. The third-order valence-corrected chi connectivity index (χ3v) is 2.77. The van der Waals surface area contributed by atoms with Gasteiger partial charge in [-0.25, -0.2) is 0 Å². The molecule has 0 aliphatic heterocycles. The van der Waals surface area contributed by atoms with Crippen LogP contribution in [0.2, 0.25) is 0 Å². The van der Waals surface area contributed by atoms with Crippen LogP contribution in [0.3, 0.4) is 0 Å². The van der Waals surface area contributed by atoms with E-state index in [1.54, 1.807) is 0 Å². The number of nitrogens with two attached hydrogens (primary N) is 1. The van der Waals surface area contributed by atoms with Gasteiger partial charge in [-0.05, 0) is 38.5 Å². The Balaban J connectivity index is 2.79. The number of hydrogen-bond donors (Lipinski definition) is 2. The van der Waals surface area contributed by atoms with Crippen molar-refractivity contribution in [3.63, 3.8) is 0 Å². The molecule has 84 valence electrons. The van der Waals surface area contributed by atoms with Crippen LogP contribution >= 0.6 is 0 Å². The second-order valence-corrected chi connectivity index (χ2v) is 3.65. The number of hydrogen-bond acceptors (Lipinski definition) is 3. The van der Waals surface area contributed by atoms with Gasteiger partial charge in [-0.15, -0.1) is 0 Å². The van der Waals surface area contributed by atoms with E-state index in [0.29, 0.717) is 0 Å². The largest absolute Gasteiger partial charge is 0.372 e. The molecule has 1 rings (SSSR count). The van der Waals surface area contributed by atoms with Gasteiger partial charge >= 0.3 is 0 Å². The van der Waals surface area contributed by atoms with Crippen LogP contribution in [0.1, 0.15) is 32.4 Å². The summed E-state index contributed by atoms with van der Waals surface area (Å²) in [6.07, 6.45) is 0. The summed E-state index contributed by atoms with van der Waals surface area (Å²) in [7, 11) is 0. The smallest absolute Gasteiger partial charge is 0.0431 e. The summed E-state index contributed by atoms with van der Waals surface area (Å²) in [5.41, 5.74) is 5.23. The highest BCUT2D eigenvalue weighted by Gasteiger charge is 2.04. The molecule has 0 bridgehead atoms. The molecule has 1 aromatic carbocycles. The minimum absolute atomic E-state index is 0.204. The Labute approximate surface area is 92.2 Å². The van der Waals surface area contributed by atoms with Gasteiger partial charge in [0.15, 0.2) is 0 Å². The number of anilines is 1. The first-order chi connectivity index (χ1) is 7.22. The van der Waals surface area contributed by atoms with Crippen LogP contribution in [0.4, 0.5) is 5.69 Å². The fraction of sp³-hybridized carbons (Fsp3) is 0.500. The molecule has 0 saturated heterocycles. The second-order valence-electron chi connectivity index (χ2n) is 3.65. The molecule has 0 heterocycles. The average molecular weight is 207 g/mol. The quantitative estimate of drug-likeness (QED) is 0.573. The van der Waals surface area contributed by atoms with Crippen molar-refractivity contribution >= 4 is 5.69 Å². The van der Waals surface area contributed by atoms with Gasteiger partial charge in [0.1, 0.15) is 0 Å². The van der Waals surface area contributed by atoms with E-state index in [9.17, 15) is 0 Å². The molecule has 0 aromatic heterocycles. The number of benzene rings is 1. The van der Waals surface area contributed by atoms with Crippen molar-refractivity contribution in [2.24, 2.45) is 5.84 Å². The first-order valence-electron chi connectivity index (χ1n) is 5.54. The monoisotopic (exact) mass is 207 g/mol. The van der Waals surface area contributed by atoms with Crippen molar-refractivity contribution in [3.05, 3.63) is 29.8 Å². The second kappa shape index (κ2) is 5.73. The van der Waals surface area contributed by atoms with E-state index < -0.39 is 0 Å². The van der Waals surface area contributed by atoms with Gasteiger partial charge < -0.3 is 4.90 Å². The molecule has 0 saturated carbocycles. The lowest BCUT2D eigenvalue weighted by Gasteiger charge is -2.21. The number of nitrogens with zero attached hydrogens (tertiary/aromatic N) is 1. The molecule has 0 aliphatic rings. The van der Waals surface area contributed by atoms with Gasteiger partial charge in [-0.1, -0.05) is 12.1 Å². The minimum atomic E-state index is 0.204. The fourth-order valence-corrected chi connectivity index (χ4v) is 1.66. The molecular weight excluding hydrogens is 186 g/mol. The van der Waals surface area contributed by atoms with E-state index in [0.717, 1.165) is 13.1 Å². The van der Waals surface area contributed by atoms with E-state index in [1.807, 2.05) is 6.92 Å². The predicted molar refractivity (Wildman–Crippen MR) is 65.7 cm³/mol. The standard InChI is InChI=1S/C12H21N3/c1-4-15(5-2)12-8-6-11(7-9-12)10(3)14-13/h6-10,14H,4-5,13H2,1-3H3/t10-/m1/s1. The maximum atomic E-state index is 5.39. The molecule has 3 N–H and O–H groups in total. The van der Waals surface area contributed by atoms with E-state index >= 15 is 0 Å². The summed E-state index contributed by atoms with van der Waals surface area (Å²) < 4.78 is 0. The van der Waals surface area contributed by atoms with Gasteiger partial charge in [-0.3, -0.25) is 11.3 Å². The summed E-state index contributed by atoms with van der Waals surface area (Å²) in [5, 5.41) is 0. The Morgan fingerprint density at radius 3 is 2.13 bits per heavy atom. The Morgan fingerprint density at radius 1 is 1.20 bits per heavy atom. The fourth-order valence-electron chi connectivity index (χ4n) is 1.66. The molecule has 0 amide bonds. The van der Waals surface area contributed by atoms with E-state index in [-0.39, 0.29) is 6.04 Å². The van der Waals surface area contributed by atoms with Gasteiger partial charge in [0.2, 0.25) is 0 Å². The Hall–Kier alpha value is -1.06. The maximum Gasteiger partial charge on any atom is 0.0431 e. The van der Waals surface area contributed by atoms with Crippen molar-refractivity contribution in [1.82, 2.24) is 5.43 Å². The molecule has 0 aliphatic carbocycles. The summed E-state index contributed by atoms with van der Waals surface area (Å²) >= 11 is 0. The third-order valence-electron chi connectivity index (χ3n) is 2.77. The topological polar surface area (TPSA) is 41.3 Å². The van der Waals surface area contributed by atoms with Gasteiger partial charge in [0.25, 0.3) is 0 Å². The molecule has 3 nitrogen and oxygen atoms in total. The van der Waals surface area contributed by atoms with Gasteiger partial charge in [0, 0.05) is 24.8 Å². The van der Waals surface area contributed by atoms with Crippen LogP contribution < -0.4 is 16.2 Å². The van der Waals surface area contributed by atoms with E-state index in [1.165, 1.54) is 11.3 Å². The summed E-state index contributed by atoms with van der Waals surface area (Å²) in [4.78, 5) is 2.32. The predicted octanol–water partition coefficient (Wildman–Crippen LogP) is 2.06. The molecule has 1 atom stereocenters. The molecule has 3 heteroatoms. The molecule has 0 fully saturated rings. The summed E-state index contributed by atoms with van der Waals surface area (Å²) in [6.45, 7) is 8.47. The minimum Gasteiger partial charge on any atom is -0.372 e. The van der Waals surface area contributed by atoms with Crippen molar-refractivity contribution in [2.45, 2.75) is 26.8 Å². The lowest BCUT2D eigenvalue weighted by atomic mass is 10.1. The van der Waals surface area contributed by atoms with Gasteiger partial charge in [0.05, 0.1) is 0 Å². The SMILES string of the molecule is CCN(CC)c1ccc([C@@H](C)NN)cc1. The van der Waals surface area contributed by atoms with Crippen LogP contribution in [0.5, 0.6) is 0 Å². The van der Waals surface area contributed by atoms with Crippen LogP contribution in [0.15, 0.2) is 24.3 Å². The first kappa shape index (κ1) is 12.0. The Kier molecular flexibility index (Phi) is 4.59. The summed E-state index contributed by atoms with van der Waals surface area (Å²) in [5.74, 6) is 5.39. The molecule has 0 radical (unpaired) electrons. The maximum absolute atomic E-state index is 5.39. The first-order valence-corrected chi connectivity index (χ1v) is 5.54. The van der Waals surface area contributed by atoms with Crippen LogP contribution in [-0.2, 0) is 0 Å². The molecular formula is C12H21N3. The van der Waals surface area contributed by atoms with Crippen molar-refractivity contribution in [1.29, 1.82) is 0 Å². The van der Waals surface area contributed by atoms with Crippen LogP contribution in [0, 0.1) is 0 Å². The summed E-state index contributed by atoms with van der Waals surface area (Å²) in [6, 6.07) is 8.75. The molecule has 15 heavy (non-hydrogen) atoms. The third kappa shape index (κ3) is 2.94. The highest BCUT2D eigenvalue weighted by atomic mass is 15.2. The van der Waals surface area contributed by atoms with Crippen molar-refractivity contribution in [3.8, 4) is 0 Å². The van der Waals surface area contributed by atoms with E-state index in [2.05, 4.69) is 48.4 Å². The average Bonchev–Trinajstić information content (AvgIpc) is 2.30.